The number of hydrogen-bond donors (Lipinski definition) is 2. The van der Waals surface area contributed by atoms with E-state index in [0.717, 1.165) is 30.6 Å². The lowest BCUT2D eigenvalue weighted by Gasteiger charge is -2.12. The highest BCUT2D eigenvalue weighted by Crippen LogP contribution is 2.30. The van der Waals surface area contributed by atoms with Gasteiger partial charge in [-0.25, -0.2) is 5.43 Å². The van der Waals surface area contributed by atoms with Gasteiger partial charge in [-0.3, -0.25) is 5.84 Å². The third-order valence-electron chi connectivity index (χ3n) is 2.96. The molecule has 0 amide bonds. The number of furan rings is 1. The van der Waals surface area contributed by atoms with E-state index >= 15 is 0 Å². The predicted octanol–water partition coefficient (Wildman–Crippen LogP) is 3.41. The van der Waals surface area contributed by atoms with Crippen molar-refractivity contribution in [2.24, 2.45) is 5.84 Å². The standard InChI is InChI=1S/C14H19ClN2O2/c1-2-7-18-8-6-12(17-16)13-9-10-4-3-5-11(15)14(10)19-13/h3-5,9,12,17H,2,6-8,16H2,1H3. The van der Waals surface area contributed by atoms with E-state index in [1.165, 1.54) is 0 Å². The topological polar surface area (TPSA) is 60.4 Å². The summed E-state index contributed by atoms with van der Waals surface area (Å²) in [6.07, 6.45) is 1.77. The largest absolute Gasteiger partial charge is 0.458 e. The van der Waals surface area contributed by atoms with Gasteiger partial charge in [-0.1, -0.05) is 30.7 Å². The smallest absolute Gasteiger partial charge is 0.152 e. The fourth-order valence-corrected chi connectivity index (χ4v) is 2.19. The fraction of sp³-hybridized carbons (Fsp3) is 0.429. The maximum atomic E-state index is 6.09. The molecule has 0 saturated heterocycles. The molecule has 1 unspecified atom stereocenters. The van der Waals surface area contributed by atoms with Gasteiger partial charge in [-0.2, -0.15) is 0 Å². The second-order valence-corrected chi connectivity index (χ2v) is 4.83. The molecule has 3 N–H and O–H groups in total. The third-order valence-corrected chi connectivity index (χ3v) is 3.26. The number of hydrazine groups is 1. The lowest BCUT2D eigenvalue weighted by molar-refractivity contribution is 0.122. The molecule has 19 heavy (non-hydrogen) atoms. The van der Waals surface area contributed by atoms with Crippen molar-refractivity contribution in [3.8, 4) is 0 Å². The highest BCUT2D eigenvalue weighted by Gasteiger charge is 2.16. The number of para-hydroxylation sites is 1. The molecule has 0 bridgehead atoms. The zero-order chi connectivity index (χ0) is 13.7. The maximum absolute atomic E-state index is 6.09. The van der Waals surface area contributed by atoms with Crippen molar-refractivity contribution in [3.05, 3.63) is 35.0 Å². The molecule has 104 valence electrons. The Hall–Kier alpha value is -1.07. The van der Waals surface area contributed by atoms with E-state index in [4.69, 9.17) is 26.6 Å². The van der Waals surface area contributed by atoms with Crippen LogP contribution in [0.1, 0.15) is 31.6 Å². The summed E-state index contributed by atoms with van der Waals surface area (Å²) in [6.45, 7) is 3.50. The van der Waals surface area contributed by atoms with Crippen LogP contribution in [0.2, 0.25) is 5.02 Å². The van der Waals surface area contributed by atoms with Crippen LogP contribution in [-0.4, -0.2) is 13.2 Å². The van der Waals surface area contributed by atoms with Crippen molar-refractivity contribution in [1.82, 2.24) is 5.43 Å². The molecule has 2 aromatic rings. The van der Waals surface area contributed by atoms with Crippen LogP contribution in [0.25, 0.3) is 11.0 Å². The van der Waals surface area contributed by atoms with Crippen molar-refractivity contribution in [3.63, 3.8) is 0 Å². The van der Waals surface area contributed by atoms with Gasteiger partial charge in [-0.15, -0.1) is 0 Å². The summed E-state index contributed by atoms with van der Waals surface area (Å²) >= 11 is 6.09. The SMILES string of the molecule is CCCOCCC(NN)c1cc2cccc(Cl)c2o1. The molecule has 0 aliphatic rings. The number of fused-ring (bicyclic) bond motifs is 1. The average molecular weight is 283 g/mol. The molecule has 0 aliphatic heterocycles. The van der Waals surface area contributed by atoms with Gasteiger partial charge in [-0.05, 0) is 25.0 Å². The van der Waals surface area contributed by atoms with Gasteiger partial charge in [0.1, 0.15) is 5.76 Å². The predicted molar refractivity (Wildman–Crippen MR) is 77.0 cm³/mol. The van der Waals surface area contributed by atoms with E-state index in [2.05, 4.69) is 12.3 Å². The number of hydrogen-bond acceptors (Lipinski definition) is 4. The third kappa shape index (κ3) is 3.48. The normalized spacial score (nSPS) is 13.0. The van der Waals surface area contributed by atoms with E-state index < -0.39 is 0 Å². The second-order valence-electron chi connectivity index (χ2n) is 4.43. The zero-order valence-electron chi connectivity index (χ0n) is 11.0. The Morgan fingerprint density at radius 2 is 2.26 bits per heavy atom. The molecule has 5 heteroatoms. The first-order chi connectivity index (χ1) is 9.26. The second kappa shape index (κ2) is 6.91. The highest BCUT2D eigenvalue weighted by atomic mass is 35.5. The number of benzene rings is 1. The Kier molecular flexibility index (Phi) is 5.22. The number of ether oxygens (including phenoxy) is 1. The van der Waals surface area contributed by atoms with E-state index in [1.54, 1.807) is 0 Å². The Labute approximate surface area is 117 Å². The van der Waals surface area contributed by atoms with Crippen LogP contribution < -0.4 is 11.3 Å². The Balaban J connectivity index is 2.10. The van der Waals surface area contributed by atoms with E-state index in [0.29, 0.717) is 17.2 Å². The lowest BCUT2D eigenvalue weighted by Crippen LogP contribution is -2.28. The maximum Gasteiger partial charge on any atom is 0.152 e. The molecule has 0 spiro atoms. The van der Waals surface area contributed by atoms with Gasteiger partial charge < -0.3 is 9.15 Å². The molecule has 1 heterocycles. The van der Waals surface area contributed by atoms with Gasteiger partial charge in [0.05, 0.1) is 11.1 Å². The van der Waals surface area contributed by atoms with Crippen LogP contribution in [0, 0.1) is 0 Å². The first kappa shape index (κ1) is 14.3. The van der Waals surface area contributed by atoms with Gasteiger partial charge in [0.15, 0.2) is 5.58 Å². The van der Waals surface area contributed by atoms with Crippen LogP contribution in [0.5, 0.6) is 0 Å². The lowest BCUT2D eigenvalue weighted by atomic mass is 10.1. The molecular formula is C14H19ClN2O2. The van der Waals surface area contributed by atoms with Gasteiger partial charge in [0.2, 0.25) is 0 Å². The number of nitrogens with two attached hydrogens (primary N) is 1. The van der Waals surface area contributed by atoms with Gasteiger partial charge in [0, 0.05) is 18.6 Å². The molecule has 1 aromatic heterocycles. The van der Waals surface area contributed by atoms with Crippen LogP contribution in [-0.2, 0) is 4.74 Å². The molecule has 1 aromatic carbocycles. The Bertz CT molecular complexity index is 527. The number of nitrogens with one attached hydrogen (secondary N) is 1. The summed E-state index contributed by atoms with van der Waals surface area (Å²) in [6, 6.07) is 7.58. The zero-order valence-corrected chi connectivity index (χ0v) is 11.7. The molecule has 0 radical (unpaired) electrons. The molecule has 0 saturated carbocycles. The quantitative estimate of drug-likeness (QED) is 0.464. The summed E-state index contributed by atoms with van der Waals surface area (Å²) < 4.78 is 11.2. The highest BCUT2D eigenvalue weighted by molar-refractivity contribution is 6.34. The monoisotopic (exact) mass is 282 g/mol. The first-order valence-electron chi connectivity index (χ1n) is 6.48. The minimum Gasteiger partial charge on any atom is -0.458 e. The van der Waals surface area contributed by atoms with Crippen LogP contribution in [0.3, 0.4) is 0 Å². The number of halogens is 1. The fourth-order valence-electron chi connectivity index (χ4n) is 1.97. The molecule has 4 nitrogen and oxygen atoms in total. The van der Waals surface area contributed by atoms with E-state index in [9.17, 15) is 0 Å². The Morgan fingerprint density at radius 3 is 2.95 bits per heavy atom. The minimum atomic E-state index is -0.0691. The molecule has 0 aliphatic carbocycles. The molecule has 2 rings (SSSR count). The van der Waals surface area contributed by atoms with Crippen LogP contribution >= 0.6 is 11.6 Å². The summed E-state index contributed by atoms with van der Waals surface area (Å²) in [7, 11) is 0. The van der Waals surface area contributed by atoms with Crippen molar-refractivity contribution in [1.29, 1.82) is 0 Å². The summed E-state index contributed by atoms with van der Waals surface area (Å²) in [5.74, 6) is 6.36. The van der Waals surface area contributed by atoms with Crippen molar-refractivity contribution in [2.75, 3.05) is 13.2 Å². The average Bonchev–Trinajstić information content (AvgIpc) is 2.84. The summed E-state index contributed by atoms with van der Waals surface area (Å²) in [4.78, 5) is 0. The molecule has 0 fully saturated rings. The van der Waals surface area contributed by atoms with Crippen LogP contribution in [0.4, 0.5) is 0 Å². The van der Waals surface area contributed by atoms with E-state index in [-0.39, 0.29) is 6.04 Å². The van der Waals surface area contributed by atoms with E-state index in [1.807, 2.05) is 24.3 Å². The van der Waals surface area contributed by atoms with Gasteiger partial charge in [0.25, 0.3) is 0 Å². The summed E-state index contributed by atoms with van der Waals surface area (Å²) in [5.41, 5.74) is 3.46. The van der Waals surface area contributed by atoms with Gasteiger partial charge >= 0.3 is 0 Å². The Morgan fingerprint density at radius 1 is 1.42 bits per heavy atom. The first-order valence-corrected chi connectivity index (χ1v) is 6.86. The summed E-state index contributed by atoms with van der Waals surface area (Å²) in [5, 5.41) is 1.60. The van der Waals surface area contributed by atoms with Crippen molar-refractivity contribution in [2.45, 2.75) is 25.8 Å². The minimum absolute atomic E-state index is 0.0691. The number of rotatable bonds is 7. The van der Waals surface area contributed by atoms with Crippen LogP contribution in [0.15, 0.2) is 28.7 Å². The van der Waals surface area contributed by atoms with Crippen molar-refractivity contribution < 1.29 is 9.15 Å². The molecule has 1 atom stereocenters. The van der Waals surface area contributed by atoms with Crippen molar-refractivity contribution >= 4 is 22.6 Å². The molecular weight excluding hydrogens is 264 g/mol.